The van der Waals surface area contributed by atoms with Gasteiger partial charge in [0.1, 0.15) is 11.8 Å². The van der Waals surface area contributed by atoms with Crippen molar-refractivity contribution >= 4 is 53.9 Å². The van der Waals surface area contributed by atoms with Crippen LogP contribution in [0.15, 0.2) is 73.5 Å². The van der Waals surface area contributed by atoms with E-state index < -0.39 is 14.7 Å². The van der Waals surface area contributed by atoms with E-state index in [1.54, 1.807) is 42.5 Å². The lowest BCUT2D eigenvalue weighted by Crippen LogP contribution is -2.17. The molecule has 0 fully saturated rings. The second kappa shape index (κ2) is 6.40. The number of fused-ring (bicyclic) bond motifs is 1. The Morgan fingerprint density at radius 1 is 1.17 bits per heavy atom. The summed E-state index contributed by atoms with van der Waals surface area (Å²) < 4.78 is 26.3. The van der Waals surface area contributed by atoms with Crippen LogP contribution in [-0.4, -0.2) is 13.6 Å². The molecule has 0 atom stereocenters. The number of allylic oxidation sites excluding steroid dienone is 2. The second-order valence-electron chi connectivity index (χ2n) is 4.82. The van der Waals surface area contributed by atoms with Crippen molar-refractivity contribution in [1.82, 2.24) is 0 Å². The van der Waals surface area contributed by atoms with Gasteiger partial charge >= 0.3 is 0 Å². The molecule has 1 aliphatic rings. The molecule has 2 aromatic carbocycles. The molecular formula is C16H9BrClN3O2S. The zero-order chi connectivity index (χ0) is 17.3. The third-order valence-corrected chi connectivity index (χ3v) is 5.84. The molecule has 0 amide bonds. The molecule has 5 nitrogen and oxygen atoms in total. The molecule has 24 heavy (non-hydrogen) atoms. The summed E-state index contributed by atoms with van der Waals surface area (Å²) in [4.78, 5) is 3.68. The molecule has 1 aliphatic heterocycles. The van der Waals surface area contributed by atoms with Gasteiger partial charge in [0.15, 0.2) is 10.1 Å². The summed E-state index contributed by atoms with van der Waals surface area (Å²) in [6.45, 7) is 0. The molecule has 2 aromatic rings. The van der Waals surface area contributed by atoms with Gasteiger partial charge in [-0.15, -0.1) is 0 Å². The van der Waals surface area contributed by atoms with E-state index in [9.17, 15) is 13.7 Å². The number of rotatable bonds is 2. The number of anilines is 1. The minimum absolute atomic E-state index is 0.000115. The zero-order valence-corrected chi connectivity index (χ0v) is 15.2. The van der Waals surface area contributed by atoms with Gasteiger partial charge in [-0.05, 0) is 36.4 Å². The Bertz CT molecular complexity index is 1020. The van der Waals surface area contributed by atoms with E-state index in [1.165, 1.54) is 12.1 Å². The highest BCUT2D eigenvalue weighted by Gasteiger charge is 2.29. The molecule has 0 spiro atoms. The van der Waals surface area contributed by atoms with Crippen molar-refractivity contribution in [3.8, 4) is 6.07 Å². The maximum Gasteiger partial charge on any atom is 0.218 e. The smallest absolute Gasteiger partial charge is 0.218 e. The predicted molar refractivity (Wildman–Crippen MR) is 97.0 cm³/mol. The molecule has 0 unspecified atom stereocenters. The van der Waals surface area contributed by atoms with Gasteiger partial charge in [-0.2, -0.15) is 5.26 Å². The Morgan fingerprint density at radius 3 is 2.50 bits per heavy atom. The van der Waals surface area contributed by atoms with Crippen LogP contribution in [0.3, 0.4) is 0 Å². The van der Waals surface area contributed by atoms with E-state index in [4.69, 9.17) is 11.6 Å². The summed E-state index contributed by atoms with van der Waals surface area (Å²) >= 11 is 9.36. The molecular weight excluding hydrogens is 414 g/mol. The lowest BCUT2D eigenvalue weighted by Gasteiger charge is -2.18. The highest BCUT2D eigenvalue weighted by molar-refractivity contribution is 9.10. The van der Waals surface area contributed by atoms with Crippen LogP contribution in [-0.2, 0) is 9.84 Å². The van der Waals surface area contributed by atoms with E-state index in [1.807, 2.05) is 0 Å². The fraction of sp³-hybridized carbons (Fsp3) is 0. The Labute approximate surface area is 152 Å². The molecule has 1 N–H and O–H groups in total. The number of nitrogens with zero attached hydrogens (tertiary/aromatic N) is 2. The van der Waals surface area contributed by atoms with E-state index in [-0.39, 0.29) is 15.8 Å². The Morgan fingerprint density at radius 2 is 1.83 bits per heavy atom. The quantitative estimate of drug-likeness (QED) is 0.729. The first-order valence-corrected chi connectivity index (χ1v) is 9.34. The Balaban J connectivity index is 2.17. The molecule has 0 bridgehead atoms. The monoisotopic (exact) mass is 421 g/mol. The standard InChI is InChI=1S/C16H9BrClN3O2S/c17-10-5-7-11(8-6-10)24(22,23)14(9-19)15-16(18)21-13-4-2-1-3-12(13)20-15/h1-8,20H/b15-14+. The van der Waals surface area contributed by atoms with Gasteiger partial charge in [-0.25, -0.2) is 13.4 Å². The maximum atomic E-state index is 12.8. The molecule has 120 valence electrons. The SMILES string of the molecule is N#C/C(=C1\Nc2ccccc2N=C1Cl)S(=O)(=O)c1ccc(Br)cc1. The third kappa shape index (κ3) is 2.96. The van der Waals surface area contributed by atoms with Gasteiger partial charge in [-0.1, -0.05) is 39.7 Å². The normalized spacial score (nSPS) is 15.6. The van der Waals surface area contributed by atoms with Crippen molar-refractivity contribution in [3.05, 3.63) is 63.6 Å². The van der Waals surface area contributed by atoms with Crippen LogP contribution in [0.4, 0.5) is 11.4 Å². The number of hydrogen-bond donors (Lipinski definition) is 1. The molecule has 0 aromatic heterocycles. The summed E-state index contributed by atoms with van der Waals surface area (Å²) in [5.41, 5.74) is 1.13. The molecule has 0 saturated carbocycles. The lowest BCUT2D eigenvalue weighted by molar-refractivity contribution is 0.603. The van der Waals surface area contributed by atoms with Crippen molar-refractivity contribution in [3.63, 3.8) is 0 Å². The number of halogens is 2. The number of para-hydroxylation sites is 2. The molecule has 0 saturated heterocycles. The number of nitriles is 1. The fourth-order valence-electron chi connectivity index (χ4n) is 2.16. The number of hydrogen-bond acceptors (Lipinski definition) is 5. The molecule has 0 aliphatic carbocycles. The third-order valence-electron chi connectivity index (χ3n) is 3.31. The fourth-order valence-corrected chi connectivity index (χ4v) is 3.98. The summed E-state index contributed by atoms with van der Waals surface area (Å²) in [5, 5.41) is 12.3. The van der Waals surface area contributed by atoms with Crippen LogP contribution in [0.25, 0.3) is 0 Å². The largest absolute Gasteiger partial charge is 0.350 e. The van der Waals surface area contributed by atoms with Crippen molar-refractivity contribution in [2.45, 2.75) is 4.90 Å². The highest BCUT2D eigenvalue weighted by atomic mass is 79.9. The van der Waals surface area contributed by atoms with E-state index in [0.717, 1.165) is 4.47 Å². The Kier molecular flexibility index (Phi) is 4.45. The maximum absolute atomic E-state index is 12.8. The highest BCUT2D eigenvalue weighted by Crippen LogP contribution is 2.34. The minimum Gasteiger partial charge on any atom is -0.350 e. The van der Waals surface area contributed by atoms with Crippen molar-refractivity contribution in [2.24, 2.45) is 4.99 Å². The van der Waals surface area contributed by atoms with Crippen LogP contribution < -0.4 is 5.32 Å². The summed E-state index contributed by atoms with van der Waals surface area (Å²) in [6.07, 6.45) is 0. The topological polar surface area (TPSA) is 82.3 Å². The van der Waals surface area contributed by atoms with E-state index in [0.29, 0.717) is 11.4 Å². The first-order valence-electron chi connectivity index (χ1n) is 6.69. The number of sulfone groups is 1. The average Bonchev–Trinajstić information content (AvgIpc) is 2.56. The van der Waals surface area contributed by atoms with Crippen LogP contribution in [0.2, 0.25) is 0 Å². The molecule has 0 radical (unpaired) electrons. The van der Waals surface area contributed by atoms with Gasteiger partial charge in [0.25, 0.3) is 0 Å². The minimum atomic E-state index is -4.03. The van der Waals surface area contributed by atoms with Gasteiger partial charge in [0.05, 0.1) is 16.3 Å². The summed E-state index contributed by atoms with van der Waals surface area (Å²) in [7, 11) is -4.03. The Hall–Kier alpha value is -2.14. The molecule has 1 heterocycles. The van der Waals surface area contributed by atoms with Crippen molar-refractivity contribution in [2.75, 3.05) is 5.32 Å². The van der Waals surface area contributed by atoms with Gasteiger partial charge < -0.3 is 5.32 Å². The summed E-state index contributed by atoms with van der Waals surface area (Å²) in [5.74, 6) is 0. The lowest BCUT2D eigenvalue weighted by atomic mass is 10.2. The van der Waals surface area contributed by atoms with Gasteiger partial charge in [-0.3, -0.25) is 0 Å². The molecule has 8 heteroatoms. The molecule has 3 rings (SSSR count). The first-order chi connectivity index (χ1) is 11.4. The number of aliphatic imine (C=N–C) groups is 1. The second-order valence-corrected chi connectivity index (χ2v) is 7.98. The number of benzene rings is 2. The zero-order valence-electron chi connectivity index (χ0n) is 12.0. The first kappa shape index (κ1) is 16.7. The van der Waals surface area contributed by atoms with Gasteiger partial charge in [0.2, 0.25) is 9.84 Å². The van der Waals surface area contributed by atoms with E-state index in [2.05, 4.69) is 26.2 Å². The average molecular weight is 423 g/mol. The number of nitrogens with one attached hydrogen (secondary N) is 1. The van der Waals surface area contributed by atoms with E-state index >= 15 is 0 Å². The van der Waals surface area contributed by atoms with Crippen molar-refractivity contribution in [1.29, 1.82) is 5.26 Å². The van der Waals surface area contributed by atoms with Crippen LogP contribution in [0.1, 0.15) is 0 Å². The van der Waals surface area contributed by atoms with Crippen molar-refractivity contribution < 1.29 is 8.42 Å². The summed E-state index contributed by atoms with van der Waals surface area (Å²) in [6, 6.07) is 14.8. The van der Waals surface area contributed by atoms with Gasteiger partial charge in [0, 0.05) is 4.47 Å². The van der Waals surface area contributed by atoms with Crippen LogP contribution in [0.5, 0.6) is 0 Å². The van der Waals surface area contributed by atoms with Crippen LogP contribution >= 0.6 is 27.5 Å². The predicted octanol–water partition coefficient (Wildman–Crippen LogP) is 4.35. The van der Waals surface area contributed by atoms with Crippen LogP contribution in [0, 0.1) is 11.3 Å².